The fourth-order valence-corrected chi connectivity index (χ4v) is 0.864. The third kappa shape index (κ3) is 1.82. The first-order valence-electron chi connectivity index (χ1n) is 3.58. The van der Waals surface area contributed by atoms with E-state index in [2.05, 4.69) is 6.07 Å². The van der Waals surface area contributed by atoms with Crippen molar-refractivity contribution < 1.29 is 17.6 Å². The van der Waals surface area contributed by atoms with Crippen LogP contribution in [0, 0.1) is 6.07 Å². The molecule has 0 heterocycles. The zero-order valence-corrected chi connectivity index (χ0v) is 6.82. The van der Waals surface area contributed by atoms with Crippen LogP contribution in [0.15, 0.2) is 24.3 Å². The lowest BCUT2D eigenvalue weighted by Crippen LogP contribution is -2.34. The van der Waals surface area contributed by atoms with E-state index in [1.165, 1.54) is 12.1 Å². The van der Waals surface area contributed by atoms with E-state index >= 15 is 0 Å². The molecule has 0 bridgehead atoms. The summed E-state index contributed by atoms with van der Waals surface area (Å²) < 4.78 is 49.6. The Morgan fingerprint density at radius 1 is 1.08 bits per heavy atom. The van der Waals surface area contributed by atoms with Gasteiger partial charge in [0.05, 0.1) is 0 Å². The molecule has 0 amide bonds. The maximum absolute atomic E-state index is 13.2. The normalized spacial score (nSPS) is 16.7. The van der Waals surface area contributed by atoms with E-state index in [0.717, 1.165) is 12.1 Å². The molecular formula is C9H7F4. The molecule has 1 atom stereocenters. The van der Waals surface area contributed by atoms with Gasteiger partial charge in [-0.1, -0.05) is 24.3 Å². The molecule has 0 fully saturated rings. The molecule has 13 heavy (non-hydrogen) atoms. The van der Waals surface area contributed by atoms with Crippen LogP contribution in [0.25, 0.3) is 0 Å². The van der Waals surface area contributed by atoms with Gasteiger partial charge in [-0.2, -0.15) is 13.2 Å². The third-order valence-corrected chi connectivity index (χ3v) is 1.79. The highest BCUT2D eigenvalue weighted by Gasteiger charge is 2.53. The Bertz CT molecular complexity index is 273. The second-order valence-electron chi connectivity index (χ2n) is 2.79. The Hall–Kier alpha value is -1.06. The van der Waals surface area contributed by atoms with Gasteiger partial charge in [-0.05, 0) is 18.6 Å². The highest BCUT2D eigenvalue weighted by molar-refractivity contribution is 5.22. The maximum Gasteiger partial charge on any atom is 0.426 e. The molecule has 4 heteroatoms. The van der Waals surface area contributed by atoms with Crippen molar-refractivity contribution in [3.63, 3.8) is 0 Å². The fourth-order valence-electron chi connectivity index (χ4n) is 0.864. The second kappa shape index (κ2) is 3.01. The zero-order chi connectivity index (χ0) is 10.1. The van der Waals surface area contributed by atoms with Crippen LogP contribution in [-0.4, -0.2) is 6.18 Å². The molecule has 1 aromatic carbocycles. The number of benzene rings is 1. The molecular weight excluding hydrogens is 184 g/mol. The SMILES string of the molecule is CC(F)(c1cc[c]cc1)C(F)(F)F. The fraction of sp³-hybridized carbons (Fsp3) is 0.333. The Morgan fingerprint density at radius 2 is 1.54 bits per heavy atom. The van der Waals surface area contributed by atoms with Crippen LogP contribution in [0.1, 0.15) is 12.5 Å². The molecule has 1 radical (unpaired) electrons. The van der Waals surface area contributed by atoms with Crippen molar-refractivity contribution in [2.24, 2.45) is 0 Å². The first-order chi connectivity index (χ1) is 5.86. The zero-order valence-electron chi connectivity index (χ0n) is 6.82. The van der Waals surface area contributed by atoms with Crippen molar-refractivity contribution in [1.82, 2.24) is 0 Å². The van der Waals surface area contributed by atoms with E-state index in [9.17, 15) is 17.6 Å². The monoisotopic (exact) mass is 191 g/mol. The molecule has 1 unspecified atom stereocenters. The van der Waals surface area contributed by atoms with Gasteiger partial charge in [0.15, 0.2) is 0 Å². The number of rotatable bonds is 1. The van der Waals surface area contributed by atoms with Gasteiger partial charge < -0.3 is 0 Å². The molecule has 1 rings (SSSR count). The lowest BCUT2D eigenvalue weighted by atomic mass is 9.98. The van der Waals surface area contributed by atoms with E-state index in [0.29, 0.717) is 6.92 Å². The summed E-state index contributed by atoms with van der Waals surface area (Å²) in [4.78, 5) is 0. The third-order valence-electron chi connectivity index (χ3n) is 1.79. The summed E-state index contributed by atoms with van der Waals surface area (Å²) in [6.07, 6.45) is -4.88. The topological polar surface area (TPSA) is 0 Å². The molecule has 0 N–H and O–H groups in total. The molecule has 1 aromatic rings. The number of hydrogen-bond donors (Lipinski definition) is 0. The Balaban J connectivity index is 3.08. The standard InChI is InChI=1S/C9H7F4/c1-8(10,9(11,12)13)7-5-3-2-4-6-7/h3-6H,1H3. The Kier molecular flexibility index (Phi) is 2.32. The summed E-state index contributed by atoms with van der Waals surface area (Å²) in [6, 6.07) is 7.15. The van der Waals surface area contributed by atoms with Gasteiger partial charge in [0, 0.05) is 0 Å². The predicted molar refractivity (Wildman–Crippen MR) is 39.8 cm³/mol. The lowest BCUT2D eigenvalue weighted by molar-refractivity contribution is -0.228. The minimum absolute atomic E-state index is 0.404. The molecule has 0 aliphatic heterocycles. The largest absolute Gasteiger partial charge is 0.426 e. The van der Waals surface area contributed by atoms with Crippen molar-refractivity contribution in [2.45, 2.75) is 18.8 Å². The molecule has 71 valence electrons. The average Bonchev–Trinajstić information content (AvgIpc) is 2.04. The number of hydrogen-bond acceptors (Lipinski definition) is 0. The summed E-state index contributed by atoms with van der Waals surface area (Å²) >= 11 is 0. The van der Waals surface area contributed by atoms with E-state index < -0.39 is 17.4 Å². The minimum atomic E-state index is -4.88. The summed E-state index contributed by atoms with van der Waals surface area (Å²) in [5, 5.41) is 0. The predicted octanol–water partition coefficient (Wildman–Crippen LogP) is 3.23. The molecule has 0 spiro atoms. The highest BCUT2D eigenvalue weighted by Crippen LogP contribution is 2.41. The van der Waals surface area contributed by atoms with Crippen LogP contribution >= 0.6 is 0 Å². The summed E-state index contributed by atoms with van der Waals surface area (Å²) in [7, 11) is 0. The van der Waals surface area contributed by atoms with Crippen molar-refractivity contribution in [2.75, 3.05) is 0 Å². The van der Waals surface area contributed by atoms with Crippen LogP contribution in [0.5, 0.6) is 0 Å². The van der Waals surface area contributed by atoms with E-state index in [1.54, 1.807) is 0 Å². The number of halogens is 4. The molecule has 0 nitrogen and oxygen atoms in total. The summed E-state index contributed by atoms with van der Waals surface area (Å²) in [6.45, 7) is 0.502. The van der Waals surface area contributed by atoms with E-state index in [-0.39, 0.29) is 0 Å². The molecule has 0 aliphatic carbocycles. The van der Waals surface area contributed by atoms with Crippen LogP contribution in [-0.2, 0) is 5.67 Å². The van der Waals surface area contributed by atoms with Crippen molar-refractivity contribution in [3.8, 4) is 0 Å². The van der Waals surface area contributed by atoms with Gasteiger partial charge in [-0.25, -0.2) is 4.39 Å². The first-order valence-corrected chi connectivity index (χ1v) is 3.58. The molecule has 0 aliphatic rings. The second-order valence-corrected chi connectivity index (χ2v) is 2.79. The first kappa shape index (κ1) is 10.0. The quantitative estimate of drug-likeness (QED) is 0.598. The smallest absolute Gasteiger partial charge is 0.229 e. The molecule has 0 saturated carbocycles. The summed E-state index contributed by atoms with van der Waals surface area (Å²) in [5.74, 6) is 0. The van der Waals surface area contributed by atoms with Crippen molar-refractivity contribution >= 4 is 0 Å². The summed E-state index contributed by atoms with van der Waals surface area (Å²) in [5.41, 5.74) is -3.69. The average molecular weight is 191 g/mol. The molecule has 0 saturated heterocycles. The van der Waals surface area contributed by atoms with E-state index in [1.807, 2.05) is 0 Å². The highest BCUT2D eigenvalue weighted by atomic mass is 19.4. The van der Waals surface area contributed by atoms with Crippen molar-refractivity contribution in [3.05, 3.63) is 35.9 Å². The van der Waals surface area contributed by atoms with Gasteiger partial charge in [0.2, 0.25) is 5.67 Å². The van der Waals surface area contributed by atoms with Crippen LogP contribution in [0.3, 0.4) is 0 Å². The Morgan fingerprint density at radius 3 is 1.92 bits per heavy atom. The molecule has 0 aromatic heterocycles. The van der Waals surface area contributed by atoms with Gasteiger partial charge >= 0.3 is 6.18 Å². The van der Waals surface area contributed by atoms with Crippen molar-refractivity contribution in [1.29, 1.82) is 0 Å². The van der Waals surface area contributed by atoms with Crippen LogP contribution in [0.4, 0.5) is 17.6 Å². The Labute approximate surface area is 73.2 Å². The minimum Gasteiger partial charge on any atom is -0.229 e. The van der Waals surface area contributed by atoms with Gasteiger partial charge in [0.1, 0.15) is 0 Å². The lowest BCUT2D eigenvalue weighted by Gasteiger charge is -2.23. The van der Waals surface area contributed by atoms with Crippen LogP contribution < -0.4 is 0 Å². The maximum atomic E-state index is 13.2. The van der Waals surface area contributed by atoms with Crippen LogP contribution in [0.2, 0.25) is 0 Å². The van der Waals surface area contributed by atoms with Gasteiger partial charge in [0.25, 0.3) is 0 Å². The van der Waals surface area contributed by atoms with Gasteiger partial charge in [-0.15, -0.1) is 0 Å². The van der Waals surface area contributed by atoms with Gasteiger partial charge in [-0.3, -0.25) is 0 Å². The number of alkyl halides is 4. The van der Waals surface area contributed by atoms with E-state index in [4.69, 9.17) is 0 Å².